The van der Waals surface area contributed by atoms with E-state index < -0.39 is 0 Å². The molecule has 2 nitrogen and oxygen atoms in total. The molecule has 0 bridgehead atoms. The summed E-state index contributed by atoms with van der Waals surface area (Å²) in [5.41, 5.74) is 2.71. The van der Waals surface area contributed by atoms with Gasteiger partial charge < -0.3 is 0 Å². The number of allylic oxidation sites excluding steroid dienone is 4. The van der Waals surface area contributed by atoms with Crippen molar-refractivity contribution in [1.29, 1.82) is 0 Å². The van der Waals surface area contributed by atoms with E-state index in [0.717, 1.165) is 4.60 Å². The fourth-order valence-electron chi connectivity index (χ4n) is 1.89. The van der Waals surface area contributed by atoms with Crippen LogP contribution in [0.5, 0.6) is 0 Å². The second-order valence-corrected chi connectivity index (χ2v) is 5.98. The van der Waals surface area contributed by atoms with Crippen LogP contribution in [-0.4, -0.2) is 10.2 Å². The Morgan fingerprint density at radius 1 is 1.24 bits per heavy atom. The number of aromatic amines is 1. The van der Waals surface area contributed by atoms with Crippen LogP contribution in [0.3, 0.4) is 0 Å². The van der Waals surface area contributed by atoms with Crippen molar-refractivity contribution in [2.45, 2.75) is 19.8 Å². The van der Waals surface area contributed by atoms with Crippen molar-refractivity contribution in [3.8, 4) is 11.3 Å². The minimum atomic E-state index is -0.369. The molecule has 2 aromatic rings. The van der Waals surface area contributed by atoms with Gasteiger partial charge in [0.2, 0.25) is 0 Å². The van der Waals surface area contributed by atoms with E-state index in [4.69, 9.17) is 11.6 Å². The average Bonchev–Trinajstić information content (AvgIpc) is 2.86. The van der Waals surface area contributed by atoms with Crippen molar-refractivity contribution in [3.63, 3.8) is 0 Å². The lowest BCUT2D eigenvalue weighted by molar-refractivity contribution is 0.628. The van der Waals surface area contributed by atoms with E-state index in [9.17, 15) is 4.39 Å². The number of halogens is 3. The molecule has 5 heteroatoms. The number of benzene rings is 1. The zero-order valence-electron chi connectivity index (χ0n) is 11.5. The molecule has 0 unspecified atom stereocenters. The molecule has 110 valence electrons. The zero-order valence-corrected chi connectivity index (χ0v) is 13.9. The van der Waals surface area contributed by atoms with Crippen molar-refractivity contribution in [3.05, 3.63) is 63.5 Å². The van der Waals surface area contributed by atoms with Gasteiger partial charge in [0, 0.05) is 10.6 Å². The van der Waals surface area contributed by atoms with E-state index in [-0.39, 0.29) is 5.82 Å². The molecule has 3 rings (SSSR count). The van der Waals surface area contributed by atoms with Crippen molar-refractivity contribution in [1.82, 2.24) is 10.2 Å². The molecule has 1 aliphatic rings. The number of H-pyrrole nitrogens is 1. The highest BCUT2D eigenvalue weighted by Crippen LogP contribution is 2.24. The second-order valence-electron chi connectivity index (χ2n) is 4.69. The van der Waals surface area contributed by atoms with Crippen LogP contribution in [0, 0.1) is 5.82 Å². The number of nitrogens with one attached hydrogen (secondary N) is 1. The Hall–Kier alpha value is -1.39. The predicted molar refractivity (Wildman–Crippen MR) is 88.8 cm³/mol. The summed E-state index contributed by atoms with van der Waals surface area (Å²) in [5, 5.41) is 7.04. The van der Waals surface area contributed by atoms with Gasteiger partial charge in [0.1, 0.15) is 10.4 Å². The van der Waals surface area contributed by atoms with Crippen molar-refractivity contribution in [2.75, 3.05) is 0 Å². The minimum absolute atomic E-state index is 0.360. The van der Waals surface area contributed by atoms with Gasteiger partial charge in [0.05, 0.1) is 5.69 Å². The third kappa shape index (κ3) is 5.14. The summed E-state index contributed by atoms with van der Waals surface area (Å²) in [7, 11) is 0. The Balaban J connectivity index is 0.000000194. The first-order chi connectivity index (χ1) is 10.0. The smallest absolute Gasteiger partial charge is 0.125 e. The van der Waals surface area contributed by atoms with Gasteiger partial charge in [0.15, 0.2) is 0 Å². The van der Waals surface area contributed by atoms with E-state index in [2.05, 4.69) is 51.3 Å². The number of rotatable bonds is 1. The quantitative estimate of drug-likeness (QED) is 0.664. The van der Waals surface area contributed by atoms with E-state index >= 15 is 0 Å². The van der Waals surface area contributed by atoms with Crippen LogP contribution < -0.4 is 0 Å². The Labute approximate surface area is 136 Å². The fourth-order valence-corrected chi connectivity index (χ4v) is 2.42. The molecule has 0 aliphatic heterocycles. The first-order valence-corrected chi connectivity index (χ1v) is 7.72. The van der Waals surface area contributed by atoms with Crippen molar-refractivity contribution in [2.24, 2.45) is 0 Å². The molecule has 1 aromatic carbocycles. The molecule has 0 atom stereocenters. The Bertz CT molecular complexity index is 656. The highest BCUT2D eigenvalue weighted by Gasteiger charge is 2.05. The molecular weight excluding hydrogens is 355 g/mol. The third-order valence-electron chi connectivity index (χ3n) is 2.89. The summed E-state index contributed by atoms with van der Waals surface area (Å²) in [6.45, 7) is 2.13. The number of hydrogen-bond donors (Lipinski definition) is 1. The Morgan fingerprint density at radius 3 is 2.52 bits per heavy atom. The molecule has 1 aliphatic carbocycles. The molecule has 1 N–H and O–H groups in total. The molecule has 0 saturated carbocycles. The van der Waals surface area contributed by atoms with Gasteiger partial charge in [0.25, 0.3) is 0 Å². The summed E-state index contributed by atoms with van der Waals surface area (Å²) < 4.78 is 13.7. The predicted octanol–water partition coefficient (Wildman–Crippen LogP) is 5.91. The highest BCUT2D eigenvalue weighted by atomic mass is 79.9. The molecule has 1 aromatic heterocycles. The summed E-state index contributed by atoms with van der Waals surface area (Å²) >= 11 is 8.94. The monoisotopic (exact) mass is 368 g/mol. The molecule has 1 heterocycles. The molecule has 0 spiro atoms. The van der Waals surface area contributed by atoms with Crippen LogP contribution in [0.15, 0.2) is 52.7 Å². The molecule has 0 radical (unpaired) electrons. The Morgan fingerprint density at radius 2 is 2.05 bits per heavy atom. The summed E-state index contributed by atoms with van der Waals surface area (Å²) in [4.78, 5) is 0. The van der Waals surface area contributed by atoms with E-state index in [0.29, 0.717) is 16.3 Å². The van der Waals surface area contributed by atoms with Gasteiger partial charge in [-0.15, -0.1) is 0 Å². The number of nitrogens with zero attached hydrogens (tertiary/aromatic N) is 1. The van der Waals surface area contributed by atoms with Crippen LogP contribution >= 0.6 is 27.5 Å². The lowest BCUT2D eigenvalue weighted by Gasteiger charge is -1.97. The van der Waals surface area contributed by atoms with Gasteiger partial charge >= 0.3 is 0 Å². The topological polar surface area (TPSA) is 28.7 Å². The molecule has 0 saturated heterocycles. The van der Waals surface area contributed by atoms with Crippen LogP contribution in [0.2, 0.25) is 5.02 Å². The minimum Gasteiger partial charge on any atom is -0.271 e. The lowest BCUT2D eigenvalue weighted by atomic mass is 10.1. The van der Waals surface area contributed by atoms with Gasteiger partial charge in [-0.1, -0.05) is 35.4 Å². The lowest BCUT2D eigenvalue weighted by Crippen LogP contribution is -1.81. The second kappa shape index (κ2) is 7.57. The first kappa shape index (κ1) is 16.0. The number of aromatic nitrogens is 2. The normalized spacial score (nSPS) is 13.4. The first-order valence-electron chi connectivity index (χ1n) is 6.55. The zero-order chi connectivity index (χ0) is 15.2. The summed E-state index contributed by atoms with van der Waals surface area (Å²) in [6, 6.07) is 6.06. The van der Waals surface area contributed by atoms with Crippen LogP contribution in [0.1, 0.15) is 19.8 Å². The van der Waals surface area contributed by atoms with Gasteiger partial charge in [-0.2, -0.15) is 5.10 Å². The molecule has 0 amide bonds. The van der Waals surface area contributed by atoms with Crippen molar-refractivity contribution >= 4 is 27.5 Å². The number of hydrogen-bond acceptors (Lipinski definition) is 1. The SMILES string of the molecule is CC1=CCCC=C1.Fc1cc(Cl)cc(-c2cc(Br)[nH]n2)c1. The van der Waals surface area contributed by atoms with Gasteiger partial charge in [-0.05, 0) is 60.0 Å². The maximum Gasteiger partial charge on any atom is 0.125 e. The third-order valence-corrected chi connectivity index (χ3v) is 3.51. The maximum absolute atomic E-state index is 13.0. The summed E-state index contributed by atoms with van der Waals surface area (Å²) in [5.74, 6) is -0.369. The molecular formula is C16H15BrClFN2. The fraction of sp³-hybridized carbons (Fsp3) is 0.188. The van der Waals surface area contributed by atoms with Gasteiger partial charge in [-0.25, -0.2) is 4.39 Å². The van der Waals surface area contributed by atoms with Crippen LogP contribution in [-0.2, 0) is 0 Å². The average molecular weight is 370 g/mol. The summed E-state index contributed by atoms with van der Waals surface area (Å²) in [6.07, 6.45) is 9.12. The van der Waals surface area contributed by atoms with Crippen molar-refractivity contribution < 1.29 is 4.39 Å². The van der Waals surface area contributed by atoms with Gasteiger partial charge in [-0.3, -0.25) is 5.10 Å². The van der Waals surface area contributed by atoms with E-state index in [1.165, 1.54) is 30.5 Å². The van der Waals surface area contributed by atoms with E-state index in [1.54, 1.807) is 12.1 Å². The largest absolute Gasteiger partial charge is 0.271 e. The standard InChI is InChI=1S/C9H5BrClFN2.C7H10/c10-9-4-8(13-14-9)5-1-6(11)3-7(12)2-5;1-7-5-3-2-4-6-7/h1-4H,(H,13,14);3,5-6H,2,4H2,1H3. The van der Waals surface area contributed by atoms with Crippen LogP contribution in [0.25, 0.3) is 11.3 Å². The maximum atomic E-state index is 13.0. The highest BCUT2D eigenvalue weighted by molar-refractivity contribution is 9.10. The molecule has 0 fully saturated rings. The van der Waals surface area contributed by atoms with Crippen LogP contribution in [0.4, 0.5) is 4.39 Å². The Kier molecular flexibility index (Phi) is 5.76. The van der Waals surface area contributed by atoms with E-state index in [1.807, 2.05) is 0 Å². The molecule has 21 heavy (non-hydrogen) atoms.